The van der Waals surface area contributed by atoms with E-state index >= 15 is 0 Å². The standard InChI is InChI=1S/C6H6O5S2.K/c7-4-1-2-5(8)6(3-4)12-13(9,10)11;/h1-3,7-8H,(H,9,10,11);/q;+1/p-1. The van der Waals surface area contributed by atoms with Gasteiger partial charge in [0.1, 0.15) is 11.5 Å². The van der Waals surface area contributed by atoms with E-state index < -0.39 is 9.15 Å². The van der Waals surface area contributed by atoms with E-state index in [1.807, 2.05) is 0 Å². The minimum absolute atomic E-state index is 0. The summed E-state index contributed by atoms with van der Waals surface area (Å²) in [5.74, 6) is -0.578. The molecule has 2 N–H and O–H groups in total. The Morgan fingerprint density at radius 3 is 2.36 bits per heavy atom. The van der Waals surface area contributed by atoms with Crippen molar-refractivity contribution in [3.63, 3.8) is 0 Å². The first-order valence-corrected chi connectivity index (χ1v) is 5.80. The van der Waals surface area contributed by atoms with Crippen molar-refractivity contribution in [2.24, 2.45) is 0 Å². The molecular weight excluding hydrogens is 255 g/mol. The molecule has 0 fully saturated rings. The van der Waals surface area contributed by atoms with Crippen LogP contribution in [0.4, 0.5) is 0 Å². The van der Waals surface area contributed by atoms with Crippen molar-refractivity contribution in [3.8, 4) is 11.5 Å². The molecule has 1 rings (SSSR count). The molecule has 0 unspecified atom stereocenters. The Morgan fingerprint density at radius 1 is 1.29 bits per heavy atom. The second-order valence-electron chi connectivity index (χ2n) is 2.14. The molecule has 0 aliphatic heterocycles. The second-order valence-corrected chi connectivity index (χ2v) is 5.29. The van der Waals surface area contributed by atoms with Crippen LogP contribution in [0.5, 0.6) is 11.5 Å². The van der Waals surface area contributed by atoms with E-state index in [1.165, 1.54) is 6.07 Å². The molecule has 72 valence electrons. The van der Waals surface area contributed by atoms with Crippen molar-refractivity contribution in [2.45, 2.75) is 4.90 Å². The van der Waals surface area contributed by atoms with Gasteiger partial charge in [0.2, 0.25) is 0 Å². The fraction of sp³-hybridized carbons (Fsp3) is 0. The minimum atomic E-state index is -4.52. The number of phenolic OH excluding ortho intramolecular Hbond substituents is 2. The average molecular weight is 260 g/mol. The van der Waals surface area contributed by atoms with Gasteiger partial charge in [0, 0.05) is 0 Å². The van der Waals surface area contributed by atoms with Crippen LogP contribution in [0.3, 0.4) is 0 Å². The van der Waals surface area contributed by atoms with E-state index in [4.69, 9.17) is 10.2 Å². The molecule has 8 heteroatoms. The van der Waals surface area contributed by atoms with E-state index in [0.29, 0.717) is 0 Å². The Labute approximate surface area is 127 Å². The van der Waals surface area contributed by atoms with Gasteiger partial charge in [-0.1, -0.05) is 0 Å². The zero-order valence-corrected chi connectivity index (χ0v) is 11.9. The minimum Gasteiger partial charge on any atom is -0.739 e. The van der Waals surface area contributed by atoms with Crippen molar-refractivity contribution in [2.75, 3.05) is 0 Å². The van der Waals surface area contributed by atoms with Gasteiger partial charge in [0.05, 0.1) is 4.90 Å². The Morgan fingerprint density at radius 2 is 1.86 bits per heavy atom. The third-order valence-corrected chi connectivity index (χ3v) is 3.00. The topological polar surface area (TPSA) is 97.7 Å². The largest absolute Gasteiger partial charge is 1.00 e. The number of rotatable bonds is 2. The van der Waals surface area contributed by atoms with Crippen LogP contribution in [-0.4, -0.2) is 23.2 Å². The molecular formula is C6H5KO5S2. The molecule has 0 heterocycles. The van der Waals surface area contributed by atoms with Gasteiger partial charge in [0.25, 0.3) is 0 Å². The summed E-state index contributed by atoms with van der Waals surface area (Å²) in [7, 11) is -4.57. The number of phenols is 2. The van der Waals surface area contributed by atoms with Gasteiger partial charge in [-0.3, -0.25) is 0 Å². The van der Waals surface area contributed by atoms with Gasteiger partial charge < -0.3 is 14.8 Å². The van der Waals surface area contributed by atoms with Crippen molar-refractivity contribution < 1.29 is 74.6 Å². The maximum absolute atomic E-state index is 10.3. The molecule has 0 aromatic heterocycles. The molecule has 1 aromatic rings. The predicted molar refractivity (Wildman–Crippen MR) is 45.3 cm³/mol. The third kappa shape index (κ3) is 4.98. The first kappa shape index (κ1) is 14.7. The summed E-state index contributed by atoms with van der Waals surface area (Å²) in [6.07, 6.45) is 0. The third-order valence-electron chi connectivity index (χ3n) is 1.14. The summed E-state index contributed by atoms with van der Waals surface area (Å²) in [5, 5.41) is 18.0. The van der Waals surface area contributed by atoms with Crippen LogP contribution >= 0.6 is 10.8 Å². The molecule has 0 aliphatic carbocycles. The predicted octanol–water partition coefficient (Wildman–Crippen LogP) is -2.35. The number of benzene rings is 1. The first-order chi connectivity index (χ1) is 5.88. The summed E-state index contributed by atoms with van der Waals surface area (Å²) >= 11 is 0. The second kappa shape index (κ2) is 5.71. The Bertz CT molecular complexity index is 416. The van der Waals surface area contributed by atoms with Gasteiger partial charge in [0.15, 0.2) is 9.15 Å². The van der Waals surface area contributed by atoms with Gasteiger partial charge in [-0.15, -0.1) is 0 Å². The summed E-state index contributed by atoms with van der Waals surface area (Å²) in [6, 6.07) is 3.27. The summed E-state index contributed by atoms with van der Waals surface area (Å²) in [4.78, 5) is -0.185. The Kier molecular flexibility index (Phi) is 6.00. The molecule has 0 spiro atoms. The summed E-state index contributed by atoms with van der Waals surface area (Å²) in [5.41, 5.74) is 0. The summed E-state index contributed by atoms with van der Waals surface area (Å²) < 4.78 is 30.8. The molecule has 0 radical (unpaired) electrons. The van der Waals surface area contributed by atoms with E-state index in [9.17, 15) is 13.0 Å². The Balaban J connectivity index is 0.00000169. The molecule has 0 saturated carbocycles. The smallest absolute Gasteiger partial charge is 0.739 e. The quantitative estimate of drug-likeness (QED) is 0.267. The molecule has 14 heavy (non-hydrogen) atoms. The average Bonchev–Trinajstić information content (AvgIpc) is 1.94. The monoisotopic (exact) mass is 260 g/mol. The molecule has 0 bridgehead atoms. The van der Waals surface area contributed by atoms with Crippen molar-refractivity contribution >= 4 is 19.9 Å². The number of aromatic hydroxyl groups is 2. The normalized spacial score (nSPS) is 10.6. The van der Waals surface area contributed by atoms with E-state index in [1.54, 1.807) is 0 Å². The van der Waals surface area contributed by atoms with Crippen LogP contribution in [0.25, 0.3) is 0 Å². The number of hydrogen-bond donors (Lipinski definition) is 2. The van der Waals surface area contributed by atoms with Gasteiger partial charge in [-0.2, -0.15) is 0 Å². The zero-order valence-electron chi connectivity index (χ0n) is 7.17. The van der Waals surface area contributed by atoms with Gasteiger partial charge >= 0.3 is 51.4 Å². The first-order valence-electron chi connectivity index (χ1n) is 3.06. The molecule has 5 nitrogen and oxygen atoms in total. The van der Waals surface area contributed by atoms with Crippen molar-refractivity contribution in [1.29, 1.82) is 0 Å². The van der Waals surface area contributed by atoms with Gasteiger partial charge in [-0.05, 0) is 29.0 Å². The van der Waals surface area contributed by atoms with Crippen LogP contribution < -0.4 is 51.4 Å². The van der Waals surface area contributed by atoms with Crippen LogP contribution in [0, 0.1) is 0 Å². The maximum atomic E-state index is 10.3. The molecule has 1 aromatic carbocycles. The zero-order chi connectivity index (χ0) is 10.1. The van der Waals surface area contributed by atoms with Crippen LogP contribution in [-0.2, 0) is 9.15 Å². The van der Waals surface area contributed by atoms with Gasteiger partial charge in [-0.25, -0.2) is 8.42 Å². The maximum Gasteiger partial charge on any atom is 1.00 e. The number of hydrogen-bond acceptors (Lipinski definition) is 6. The Hall–Kier alpha value is 0.716. The van der Waals surface area contributed by atoms with E-state index in [2.05, 4.69) is 0 Å². The van der Waals surface area contributed by atoms with Crippen LogP contribution in [0.1, 0.15) is 0 Å². The van der Waals surface area contributed by atoms with Crippen molar-refractivity contribution in [1.82, 2.24) is 0 Å². The van der Waals surface area contributed by atoms with Crippen LogP contribution in [0.2, 0.25) is 0 Å². The summed E-state index contributed by atoms with van der Waals surface area (Å²) in [6.45, 7) is 0. The molecule has 0 saturated heterocycles. The van der Waals surface area contributed by atoms with Crippen LogP contribution in [0.15, 0.2) is 23.1 Å². The fourth-order valence-corrected chi connectivity index (χ4v) is 2.28. The molecule has 0 amide bonds. The SMILES string of the molecule is O=S(=O)([O-])Sc1cc(O)ccc1O.[K+]. The van der Waals surface area contributed by atoms with E-state index in [0.717, 1.165) is 12.1 Å². The molecule has 0 aliphatic rings. The van der Waals surface area contributed by atoms with E-state index in [-0.39, 0.29) is 78.6 Å². The molecule has 0 atom stereocenters. The van der Waals surface area contributed by atoms with Crippen molar-refractivity contribution in [3.05, 3.63) is 18.2 Å². The fourth-order valence-electron chi connectivity index (χ4n) is 0.680.